The van der Waals surface area contributed by atoms with Crippen molar-refractivity contribution < 1.29 is 19.4 Å². The van der Waals surface area contributed by atoms with E-state index in [1.807, 2.05) is 0 Å². The number of carboxylic acids is 1. The number of imidazole rings is 1. The normalized spacial score (nSPS) is 21.3. The standard InChI is InChI=1S/C15H22N4O4/c1-12-16-4-7-19(12)15(13(20)21)2-5-17(6-3-15)14(22)18-8-10-23-11-9-18/h4,7H,2-3,5-6,8-11H2,1H3,(H,20,21). The molecule has 23 heavy (non-hydrogen) atoms. The minimum Gasteiger partial charge on any atom is -0.479 e. The lowest BCUT2D eigenvalue weighted by Crippen LogP contribution is -2.56. The Kier molecular flexibility index (Phi) is 4.25. The fourth-order valence-corrected chi connectivity index (χ4v) is 3.41. The Labute approximate surface area is 134 Å². The van der Waals surface area contributed by atoms with Crippen LogP contribution < -0.4 is 0 Å². The second kappa shape index (κ2) is 6.19. The van der Waals surface area contributed by atoms with Crippen molar-refractivity contribution in [1.29, 1.82) is 0 Å². The van der Waals surface area contributed by atoms with Crippen molar-refractivity contribution in [2.24, 2.45) is 0 Å². The highest BCUT2D eigenvalue weighted by Gasteiger charge is 2.45. The van der Waals surface area contributed by atoms with Crippen molar-refractivity contribution in [1.82, 2.24) is 19.4 Å². The number of hydrogen-bond donors (Lipinski definition) is 1. The number of aromatic nitrogens is 2. The van der Waals surface area contributed by atoms with Crippen LogP contribution in [0.5, 0.6) is 0 Å². The Hall–Kier alpha value is -2.09. The zero-order valence-corrected chi connectivity index (χ0v) is 13.3. The molecule has 0 radical (unpaired) electrons. The molecule has 2 saturated heterocycles. The van der Waals surface area contributed by atoms with Crippen LogP contribution in [-0.2, 0) is 15.1 Å². The molecule has 2 amide bonds. The van der Waals surface area contributed by atoms with Gasteiger partial charge in [-0.25, -0.2) is 14.6 Å². The Morgan fingerprint density at radius 1 is 1.17 bits per heavy atom. The van der Waals surface area contributed by atoms with Crippen molar-refractivity contribution in [3.63, 3.8) is 0 Å². The zero-order valence-electron chi connectivity index (χ0n) is 13.3. The van der Waals surface area contributed by atoms with Gasteiger partial charge in [-0.3, -0.25) is 0 Å². The molecule has 1 aromatic heterocycles. The predicted molar refractivity (Wildman–Crippen MR) is 81.2 cm³/mol. The van der Waals surface area contributed by atoms with Crippen molar-refractivity contribution in [2.45, 2.75) is 25.3 Å². The molecule has 0 bridgehead atoms. The van der Waals surface area contributed by atoms with Gasteiger partial charge in [0.1, 0.15) is 11.4 Å². The molecule has 3 heterocycles. The van der Waals surface area contributed by atoms with E-state index in [1.165, 1.54) is 0 Å². The molecule has 126 valence electrons. The maximum atomic E-state index is 12.5. The zero-order chi connectivity index (χ0) is 16.4. The third-order valence-corrected chi connectivity index (χ3v) is 4.83. The lowest BCUT2D eigenvalue weighted by atomic mass is 9.87. The van der Waals surface area contributed by atoms with Crippen molar-refractivity contribution >= 4 is 12.0 Å². The molecule has 1 aromatic rings. The lowest BCUT2D eigenvalue weighted by Gasteiger charge is -2.42. The van der Waals surface area contributed by atoms with E-state index in [0.717, 1.165) is 0 Å². The number of ether oxygens (including phenoxy) is 1. The predicted octanol–water partition coefficient (Wildman–Crippen LogP) is 0.519. The highest BCUT2D eigenvalue weighted by Crippen LogP contribution is 2.32. The van der Waals surface area contributed by atoms with Gasteiger partial charge in [0.15, 0.2) is 0 Å². The number of rotatable bonds is 2. The number of morpholine rings is 1. The Bertz CT molecular complexity index is 586. The quantitative estimate of drug-likeness (QED) is 0.857. The van der Waals surface area contributed by atoms with E-state index < -0.39 is 11.5 Å². The van der Waals surface area contributed by atoms with Crippen LogP contribution in [0.1, 0.15) is 18.7 Å². The molecule has 0 saturated carbocycles. The number of aliphatic carboxylic acids is 1. The topological polar surface area (TPSA) is 87.9 Å². The molecule has 0 spiro atoms. The summed E-state index contributed by atoms with van der Waals surface area (Å²) in [5.41, 5.74) is -1.01. The maximum absolute atomic E-state index is 12.5. The summed E-state index contributed by atoms with van der Waals surface area (Å²) in [7, 11) is 0. The molecule has 2 aliphatic rings. The van der Waals surface area contributed by atoms with E-state index in [2.05, 4.69) is 4.98 Å². The van der Waals surface area contributed by atoms with Crippen LogP contribution in [0.25, 0.3) is 0 Å². The molecule has 0 aliphatic carbocycles. The lowest BCUT2D eigenvalue weighted by molar-refractivity contribution is -0.150. The van der Waals surface area contributed by atoms with E-state index in [0.29, 0.717) is 58.1 Å². The molecule has 0 unspecified atom stereocenters. The summed E-state index contributed by atoms with van der Waals surface area (Å²) in [6.45, 7) is 4.98. The van der Waals surface area contributed by atoms with E-state index in [4.69, 9.17) is 4.74 Å². The molecule has 8 heteroatoms. The van der Waals surface area contributed by atoms with E-state index in [9.17, 15) is 14.7 Å². The number of carbonyl (C=O) groups excluding carboxylic acids is 1. The SMILES string of the molecule is Cc1nccn1C1(C(=O)O)CCN(C(=O)N2CCOCC2)CC1. The van der Waals surface area contributed by atoms with E-state index in [-0.39, 0.29) is 6.03 Å². The molecule has 1 N–H and O–H groups in total. The highest BCUT2D eigenvalue weighted by atomic mass is 16.5. The van der Waals surface area contributed by atoms with Crippen LogP contribution in [-0.4, -0.2) is 75.9 Å². The summed E-state index contributed by atoms with van der Waals surface area (Å²) in [6.07, 6.45) is 4.10. The van der Waals surface area contributed by atoms with Gasteiger partial charge in [-0.1, -0.05) is 0 Å². The molecular weight excluding hydrogens is 300 g/mol. The molecular formula is C15H22N4O4. The number of carboxylic acid groups (broad SMARTS) is 1. The number of piperidine rings is 1. The van der Waals surface area contributed by atoms with Crippen molar-refractivity contribution in [3.05, 3.63) is 18.2 Å². The smallest absolute Gasteiger partial charge is 0.330 e. The fourth-order valence-electron chi connectivity index (χ4n) is 3.41. The van der Waals surface area contributed by atoms with Gasteiger partial charge < -0.3 is 24.2 Å². The Morgan fingerprint density at radius 2 is 1.78 bits per heavy atom. The summed E-state index contributed by atoms with van der Waals surface area (Å²) in [5, 5.41) is 9.78. The summed E-state index contributed by atoms with van der Waals surface area (Å²) in [6, 6.07) is -0.0189. The van der Waals surface area contributed by atoms with Gasteiger partial charge in [0.2, 0.25) is 0 Å². The van der Waals surface area contributed by atoms with E-state index in [1.54, 1.807) is 33.7 Å². The van der Waals surface area contributed by atoms with Gasteiger partial charge in [0, 0.05) is 38.6 Å². The van der Waals surface area contributed by atoms with Gasteiger partial charge >= 0.3 is 12.0 Å². The minimum atomic E-state index is -1.01. The van der Waals surface area contributed by atoms with Gasteiger partial charge in [-0.2, -0.15) is 0 Å². The first kappa shape index (κ1) is 15.8. The number of nitrogens with zero attached hydrogens (tertiary/aromatic N) is 4. The summed E-state index contributed by atoms with van der Waals surface area (Å²) in [5.74, 6) is -0.183. The molecule has 2 aliphatic heterocycles. The summed E-state index contributed by atoms with van der Waals surface area (Å²) < 4.78 is 6.99. The van der Waals surface area contributed by atoms with Crippen LogP contribution in [0.4, 0.5) is 4.79 Å². The van der Waals surface area contributed by atoms with Crippen molar-refractivity contribution in [2.75, 3.05) is 39.4 Å². The van der Waals surface area contributed by atoms with Crippen LogP contribution in [0.3, 0.4) is 0 Å². The van der Waals surface area contributed by atoms with Gasteiger partial charge in [-0.05, 0) is 19.8 Å². The first-order valence-corrected chi connectivity index (χ1v) is 7.90. The molecule has 0 aromatic carbocycles. The second-order valence-corrected chi connectivity index (χ2v) is 6.05. The number of urea groups is 1. The monoisotopic (exact) mass is 322 g/mol. The fraction of sp³-hybridized carbons (Fsp3) is 0.667. The van der Waals surface area contributed by atoms with Crippen LogP contribution >= 0.6 is 0 Å². The third kappa shape index (κ3) is 2.78. The first-order chi connectivity index (χ1) is 11.0. The third-order valence-electron chi connectivity index (χ3n) is 4.83. The summed E-state index contributed by atoms with van der Waals surface area (Å²) in [4.78, 5) is 32.1. The second-order valence-electron chi connectivity index (χ2n) is 6.05. The Balaban J connectivity index is 1.72. The molecule has 2 fully saturated rings. The number of carbonyl (C=O) groups is 2. The number of hydrogen-bond acceptors (Lipinski definition) is 4. The Morgan fingerprint density at radius 3 is 2.30 bits per heavy atom. The van der Waals surface area contributed by atoms with Crippen LogP contribution in [0, 0.1) is 6.92 Å². The van der Waals surface area contributed by atoms with Gasteiger partial charge in [-0.15, -0.1) is 0 Å². The largest absolute Gasteiger partial charge is 0.479 e. The minimum absolute atomic E-state index is 0.0189. The number of likely N-dealkylation sites (tertiary alicyclic amines) is 1. The average molecular weight is 322 g/mol. The number of aryl methyl sites for hydroxylation is 1. The van der Waals surface area contributed by atoms with Crippen LogP contribution in [0.15, 0.2) is 12.4 Å². The molecule has 0 atom stereocenters. The van der Waals surface area contributed by atoms with E-state index >= 15 is 0 Å². The van der Waals surface area contributed by atoms with Crippen molar-refractivity contribution in [3.8, 4) is 0 Å². The number of amides is 2. The highest BCUT2D eigenvalue weighted by molar-refractivity contribution is 5.79. The first-order valence-electron chi connectivity index (χ1n) is 7.90. The van der Waals surface area contributed by atoms with Gasteiger partial charge in [0.25, 0.3) is 0 Å². The average Bonchev–Trinajstić information content (AvgIpc) is 3.01. The molecule has 8 nitrogen and oxygen atoms in total. The molecule has 3 rings (SSSR count). The maximum Gasteiger partial charge on any atom is 0.330 e. The van der Waals surface area contributed by atoms with Crippen LogP contribution in [0.2, 0.25) is 0 Å². The van der Waals surface area contributed by atoms with Gasteiger partial charge in [0.05, 0.1) is 13.2 Å². The summed E-state index contributed by atoms with van der Waals surface area (Å²) >= 11 is 0.